The standard InChI is InChI=1S/C26H26FN5O3/c27-13-16-14-31(15-16)26(34)22-23(25-28-10-11-35-25)30-32-21(33)12-20(29-24(22)32)19-8-6-18(7-9-19)17-4-2-1-3-5-17/h6-12,16-17,29H,1-5,13-15H2. The molecule has 3 aromatic heterocycles. The highest BCUT2D eigenvalue weighted by Crippen LogP contribution is 2.34. The third-order valence-corrected chi connectivity index (χ3v) is 7.22. The number of rotatable bonds is 5. The van der Waals surface area contributed by atoms with Crippen molar-refractivity contribution < 1.29 is 13.6 Å². The zero-order chi connectivity index (χ0) is 23.9. The van der Waals surface area contributed by atoms with Gasteiger partial charge in [0.2, 0.25) is 5.89 Å². The summed E-state index contributed by atoms with van der Waals surface area (Å²) in [6.45, 7) is 0.178. The van der Waals surface area contributed by atoms with E-state index < -0.39 is 6.67 Å². The molecular formula is C26H26FN5O3. The molecule has 1 amide bonds. The highest BCUT2D eigenvalue weighted by atomic mass is 19.1. The topological polar surface area (TPSA) is 96.5 Å². The maximum atomic E-state index is 13.4. The largest absolute Gasteiger partial charge is 0.443 e. The van der Waals surface area contributed by atoms with Gasteiger partial charge in [0.25, 0.3) is 11.5 Å². The summed E-state index contributed by atoms with van der Waals surface area (Å²) in [6, 6.07) is 9.77. The zero-order valence-corrected chi connectivity index (χ0v) is 19.2. The number of carbonyl (C=O) groups excluding carboxylic acids is 1. The molecule has 35 heavy (non-hydrogen) atoms. The predicted octanol–water partition coefficient (Wildman–Crippen LogP) is 4.43. The fourth-order valence-electron chi connectivity index (χ4n) is 5.25. The van der Waals surface area contributed by atoms with Crippen molar-refractivity contribution in [3.63, 3.8) is 0 Å². The Balaban J connectivity index is 1.42. The van der Waals surface area contributed by atoms with Crippen LogP contribution in [0, 0.1) is 5.92 Å². The van der Waals surface area contributed by atoms with Crippen molar-refractivity contribution in [3.8, 4) is 22.8 Å². The molecule has 0 radical (unpaired) electrons. The van der Waals surface area contributed by atoms with Crippen molar-refractivity contribution in [1.82, 2.24) is 24.5 Å². The Labute approximate surface area is 200 Å². The number of nitrogens with zero attached hydrogens (tertiary/aromatic N) is 4. The number of alkyl halides is 1. The lowest BCUT2D eigenvalue weighted by atomic mass is 9.84. The van der Waals surface area contributed by atoms with E-state index in [4.69, 9.17) is 4.42 Å². The molecule has 2 aliphatic rings. The molecule has 1 N–H and O–H groups in total. The molecule has 1 saturated heterocycles. The number of amides is 1. The first-order chi connectivity index (χ1) is 17.1. The van der Waals surface area contributed by atoms with Crippen LogP contribution in [0.1, 0.15) is 53.9 Å². The number of hydrogen-bond donors (Lipinski definition) is 1. The van der Waals surface area contributed by atoms with Gasteiger partial charge in [0.05, 0.1) is 18.6 Å². The predicted molar refractivity (Wildman–Crippen MR) is 128 cm³/mol. The van der Waals surface area contributed by atoms with Gasteiger partial charge in [-0.2, -0.15) is 9.61 Å². The van der Waals surface area contributed by atoms with Crippen LogP contribution in [-0.4, -0.2) is 50.2 Å². The molecule has 1 saturated carbocycles. The van der Waals surface area contributed by atoms with Crippen LogP contribution in [0.5, 0.6) is 0 Å². The quantitative estimate of drug-likeness (QED) is 0.461. The maximum Gasteiger partial charge on any atom is 0.274 e. The number of halogens is 1. The summed E-state index contributed by atoms with van der Waals surface area (Å²) in [5.41, 5.74) is 3.04. The highest BCUT2D eigenvalue weighted by molar-refractivity contribution is 6.05. The van der Waals surface area contributed by atoms with E-state index in [9.17, 15) is 14.0 Å². The Morgan fingerprint density at radius 3 is 2.60 bits per heavy atom. The summed E-state index contributed by atoms with van der Waals surface area (Å²) in [4.78, 5) is 35.4. The molecule has 2 fully saturated rings. The van der Waals surface area contributed by atoms with E-state index >= 15 is 0 Å². The van der Waals surface area contributed by atoms with Crippen LogP contribution in [0.4, 0.5) is 4.39 Å². The molecule has 0 bridgehead atoms. The zero-order valence-electron chi connectivity index (χ0n) is 19.2. The minimum Gasteiger partial charge on any atom is -0.443 e. The van der Waals surface area contributed by atoms with Crippen molar-refractivity contribution in [2.24, 2.45) is 5.92 Å². The SMILES string of the molecule is O=C(c1c(-c2ncco2)nn2c(=O)cc(-c3ccc(C4CCCCC4)cc3)[nH]c12)N1CC(CF)C1. The van der Waals surface area contributed by atoms with Gasteiger partial charge < -0.3 is 14.3 Å². The first-order valence-electron chi connectivity index (χ1n) is 12.1. The van der Waals surface area contributed by atoms with Crippen LogP contribution < -0.4 is 5.56 Å². The Kier molecular flexibility index (Phi) is 5.47. The summed E-state index contributed by atoms with van der Waals surface area (Å²) in [6.07, 6.45) is 9.12. The number of aromatic amines is 1. The van der Waals surface area contributed by atoms with E-state index in [0.29, 0.717) is 24.7 Å². The normalized spacial score (nSPS) is 17.1. The number of benzene rings is 1. The van der Waals surface area contributed by atoms with Gasteiger partial charge in [-0.15, -0.1) is 0 Å². The third kappa shape index (κ3) is 3.84. The number of nitrogens with one attached hydrogen (secondary N) is 1. The number of hydrogen-bond acceptors (Lipinski definition) is 5. The number of oxazole rings is 1. The number of carbonyl (C=O) groups is 1. The Hall–Kier alpha value is -3.75. The van der Waals surface area contributed by atoms with Crippen molar-refractivity contribution >= 4 is 11.6 Å². The molecule has 4 aromatic rings. The molecule has 1 aliphatic carbocycles. The van der Waals surface area contributed by atoms with Crippen molar-refractivity contribution in [2.75, 3.05) is 19.8 Å². The second kappa shape index (κ2) is 8.79. The van der Waals surface area contributed by atoms with E-state index in [1.54, 1.807) is 4.90 Å². The van der Waals surface area contributed by atoms with Gasteiger partial charge in [-0.3, -0.25) is 14.0 Å². The Morgan fingerprint density at radius 2 is 1.91 bits per heavy atom. The van der Waals surface area contributed by atoms with E-state index in [-0.39, 0.29) is 40.2 Å². The smallest absolute Gasteiger partial charge is 0.274 e. The van der Waals surface area contributed by atoms with Gasteiger partial charge in [0.15, 0.2) is 11.3 Å². The van der Waals surface area contributed by atoms with Gasteiger partial charge >= 0.3 is 0 Å². The lowest BCUT2D eigenvalue weighted by molar-refractivity contribution is 0.0455. The first kappa shape index (κ1) is 21.8. The number of likely N-dealkylation sites (tertiary alicyclic amines) is 1. The molecule has 1 aliphatic heterocycles. The minimum atomic E-state index is -0.469. The highest BCUT2D eigenvalue weighted by Gasteiger charge is 2.36. The van der Waals surface area contributed by atoms with Gasteiger partial charge in [-0.25, -0.2) is 4.98 Å². The third-order valence-electron chi connectivity index (χ3n) is 7.22. The van der Waals surface area contributed by atoms with E-state index in [0.717, 1.165) is 5.56 Å². The minimum absolute atomic E-state index is 0.144. The molecular weight excluding hydrogens is 449 g/mol. The van der Waals surface area contributed by atoms with Crippen LogP contribution in [-0.2, 0) is 0 Å². The van der Waals surface area contributed by atoms with Crippen molar-refractivity contribution in [2.45, 2.75) is 38.0 Å². The average Bonchev–Trinajstić information content (AvgIpc) is 3.52. The number of aromatic nitrogens is 4. The monoisotopic (exact) mass is 475 g/mol. The molecule has 4 heterocycles. The van der Waals surface area contributed by atoms with Crippen LogP contribution in [0.15, 0.2) is 52.0 Å². The fourth-order valence-corrected chi connectivity index (χ4v) is 5.25. The van der Waals surface area contributed by atoms with Gasteiger partial charge in [0.1, 0.15) is 11.8 Å². The lowest BCUT2D eigenvalue weighted by Crippen LogP contribution is -2.50. The fraction of sp³-hybridized carbons (Fsp3) is 0.385. The second-order valence-electron chi connectivity index (χ2n) is 9.53. The summed E-state index contributed by atoms with van der Waals surface area (Å²) in [5, 5.41) is 4.36. The Morgan fingerprint density at radius 1 is 1.14 bits per heavy atom. The molecule has 0 spiro atoms. The molecule has 1 aromatic carbocycles. The Bertz CT molecular complexity index is 1410. The van der Waals surface area contributed by atoms with E-state index in [1.807, 2.05) is 12.1 Å². The van der Waals surface area contributed by atoms with Gasteiger partial charge in [0, 0.05) is 25.1 Å². The van der Waals surface area contributed by atoms with Crippen molar-refractivity contribution in [1.29, 1.82) is 0 Å². The average molecular weight is 476 g/mol. The molecule has 0 unspecified atom stereocenters. The van der Waals surface area contributed by atoms with Gasteiger partial charge in [-0.05, 0) is 29.9 Å². The maximum absolute atomic E-state index is 13.4. The molecule has 0 atom stereocenters. The van der Waals surface area contributed by atoms with E-state index in [1.165, 1.54) is 60.7 Å². The summed E-state index contributed by atoms with van der Waals surface area (Å²) in [7, 11) is 0. The number of fused-ring (bicyclic) bond motifs is 1. The summed E-state index contributed by atoms with van der Waals surface area (Å²) >= 11 is 0. The first-order valence-corrected chi connectivity index (χ1v) is 12.1. The summed E-state index contributed by atoms with van der Waals surface area (Å²) < 4.78 is 19.6. The number of H-pyrrole nitrogens is 1. The molecule has 9 heteroatoms. The second-order valence-corrected chi connectivity index (χ2v) is 9.53. The van der Waals surface area contributed by atoms with Crippen LogP contribution >= 0.6 is 0 Å². The summed E-state index contributed by atoms with van der Waals surface area (Å²) in [5.74, 6) is 0.235. The molecule has 6 rings (SSSR count). The van der Waals surface area contributed by atoms with Crippen LogP contribution in [0.3, 0.4) is 0 Å². The van der Waals surface area contributed by atoms with Crippen LogP contribution in [0.2, 0.25) is 0 Å². The van der Waals surface area contributed by atoms with Gasteiger partial charge in [-0.1, -0.05) is 43.5 Å². The molecule has 8 nitrogen and oxygen atoms in total. The van der Waals surface area contributed by atoms with Crippen LogP contribution in [0.25, 0.3) is 28.5 Å². The van der Waals surface area contributed by atoms with Crippen molar-refractivity contribution in [3.05, 3.63) is 64.3 Å². The molecule has 180 valence electrons. The lowest BCUT2D eigenvalue weighted by Gasteiger charge is -2.37. The van der Waals surface area contributed by atoms with E-state index in [2.05, 4.69) is 27.2 Å².